The first-order chi connectivity index (χ1) is 12.4. The maximum atomic E-state index is 12.0. The molecular weight excluding hydrogens is 362 g/mol. The van der Waals surface area contributed by atoms with E-state index >= 15 is 0 Å². The lowest BCUT2D eigenvalue weighted by atomic mass is 10.2. The van der Waals surface area contributed by atoms with E-state index in [-0.39, 0.29) is 38.4 Å². The molecule has 0 unspecified atom stereocenters. The van der Waals surface area contributed by atoms with E-state index < -0.39 is 24.0 Å². The number of carbonyl (C=O) groups excluding carboxylic acids is 4. The minimum Gasteiger partial charge on any atom is -0.453 e. The molecule has 0 aromatic heterocycles. The van der Waals surface area contributed by atoms with Gasteiger partial charge in [0.15, 0.2) is 6.10 Å². The molecule has 0 aliphatic carbocycles. The zero-order chi connectivity index (χ0) is 19.1. The second kappa shape index (κ2) is 9.19. The predicted molar refractivity (Wildman–Crippen MR) is 93.2 cm³/mol. The first-order valence-corrected chi connectivity index (χ1v) is 8.55. The maximum absolute atomic E-state index is 12.0. The fourth-order valence-electron chi connectivity index (χ4n) is 2.34. The third kappa shape index (κ3) is 5.45. The number of hydrogen-bond acceptors (Lipinski definition) is 5. The molecule has 2 N–H and O–H groups in total. The summed E-state index contributed by atoms with van der Waals surface area (Å²) < 4.78 is 5.06. The molecule has 1 aromatic carbocycles. The summed E-state index contributed by atoms with van der Waals surface area (Å²) in [5.41, 5.74) is 0.759. The number of nitrogens with zero attached hydrogens (tertiary/aromatic N) is 1. The number of imide groups is 1. The predicted octanol–water partition coefficient (Wildman–Crippen LogP) is 1.22. The Bertz CT molecular complexity index is 693. The molecule has 140 valence electrons. The Morgan fingerprint density at radius 2 is 2.08 bits per heavy atom. The van der Waals surface area contributed by atoms with Crippen LogP contribution in [0.4, 0.5) is 4.79 Å². The van der Waals surface area contributed by atoms with E-state index in [1.807, 2.05) is 6.07 Å². The van der Waals surface area contributed by atoms with Crippen molar-refractivity contribution in [1.82, 2.24) is 15.5 Å². The second-order valence-corrected chi connectivity index (χ2v) is 6.16. The molecule has 0 spiro atoms. The number of rotatable bonds is 8. The van der Waals surface area contributed by atoms with Gasteiger partial charge in [-0.1, -0.05) is 29.8 Å². The summed E-state index contributed by atoms with van der Waals surface area (Å²) in [6, 6.07) is 6.64. The molecule has 1 aromatic rings. The van der Waals surface area contributed by atoms with Crippen molar-refractivity contribution >= 4 is 35.4 Å². The fourth-order valence-corrected chi connectivity index (χ4v) is 2.54. The van der Waals surface area contributed by atoms with Crippen molar-refractivity contribution < 1.29 is 23.9 Å². The molecule has 1 fully saturated rings. The van der Waals surface area contributed by atoms with E-state index in [2.05, 4.69) is 10.6 Å². The van der Waals surface area contributed by atoms with Crippen molar-refractivity contribution in [2.75, 3.05) is 13.1 Å². The van der Waals surface area contributed by atoms with Crippen LogP contribution in [0.3, 0.4) is 0 Å². The highest BCUT2D eigenvalue weighted by Crippen LogP contribution is 2.14. The van der Waals surface area contributed by atoms with Gasteiger partial charge in [0.05, 0.1) is 6.54 Å². The van der Waals surface area contributed by atoms with Gasteiger partial charge in [-0.05, 0) is 25.0 Å². The standard InChI is InChI=1S/C17H20ClN3O5/c1-11(16(24)19-9-12-5-2-3-6-13(12)18)26-15(23)7-4-8-21-14(22)10-20-17(21)25/h2-3,5-6,11H,4,7-10H2,1H3,(H,19,24)(H,20,25)/t11-/m0/s1. The molecule has 1 aliphatic rings. The Hall–Kier alpha value is -2.61. The molecule has 0 radical (unpaired) electrons. The van der Waals surface area contributed by atoms with Gasteiger partial charge in [-0.15, -0.1) is 0 Å². The molecule has 26 heavy (non-hydrogen) atoms. The van der Waals surface area contributed by atoms with E-state index in [0.29, 0.717) is 5.02 Å². The van der Waals surface area contributed by atoms with Crippen LogP contribution in [0.2, 0.25) is 5.02 Å². The minimum absolute atomic E-state index is 0.000800. The lowest BCUT2D eigenvalue weighted by molar-refractivity contribution is -0.155. The maximum Gasteiger partial charge on any atom is 0.324 e. The number of nitrogens with one attached hydrogen (secondary N) is 2. The first-order valence-electron chi connectivity index (χ1n) is 8.17. The number of benzene rings is 1. The quantitative estimate of drug-likeness (QED) is 0.520. The van der Waals surface area contributed by atoms with Gasteiger partial charge in [-0.25, -0.2) is 4.79 Å². The molecule has 1 saturated heterocycles. The van der Waals surface area contributed by atoms with Crippen molar-refractivity contribution in [2.45, 2.75) is 32.4 Å². The van der Waals surface area contributed by atoms with Gasteiger partial charge in [0, 0.05) is 24.5 Å². The van der Waals surface area contributed by atoms with Crippen molar-refractivity contribution in [3.8, 4) is 0 Å². The van der Waals surface area contributed by atoms with Gasteiger partial charge >= 0.3 is 12.0 Å². The first kappa shape index (κ1) is 19.7. The van der Waals surface area contributed by atoms with Crippen LogP contribution in [0.5, 0.6) is 0 Å². The molecule has 2 rings (SSSR count). The van der Waals surface area contributed by atoms with Gasteiger partial charge in [0.1, 0.15) is 0 Å². The molecular formula is C17H20ClN3O5. The van der Waals surface area contributed by atoms with Crippen molar-refractivity contribution in [2.24, 2.45) is 0 Å². The van der Waals surface area contributed by atoms with Gasteiger partial charge < -0.3 is 15.4 Å². The van der Waals surface area contributed by atoms with Gasteiger partial charge in [-0.3, -0.25) is 19.3 Å². The average molecular weight is 382 g/mol. The molecule has 8 nitrogen and oxygen atoms in total. The molecule has 4 amide bonds. The van der Waals surface area contributed by atoms with E-state index in [1.54, 1.807) is 18.2 Å². The summed E-state index contributed by atoms with van der Waals surface area (Å²) >= 11 is 6.01. The second-order valence-electron chi connectivity index (χ2n) is 5.75. The van der Waals surface area contributed by atoms with Crippen molar-refractivity contribution in [3.05, 3.63) is 34.9 Å². The highest BCUT2D eigenvalue weighted by Gasteiger charge is 2.28. The molecule has 1 heterocycles. The van der Waals surface area contributed by atoms with Crippen LogP contribution in [0.25, 0.3) is 0 Å². The van der Waals surface area contributed by atoms with E-state index in [0.717, 1.165) is 10.5 Å². The number of amides is 4. The van der Waals surface area contributed by atoms with Crippen molar-refractivity contribution in [1.29, 1.82) is 0 Å². The molecule has 9 heteroatoms. The SMILES string of the molecule is C[C@H](OC(=O)CCCN1C(=O)CNC1=O)C(=O)NCc1ccccc1Cl. The smallest absolute Gasteiger partial charge is 0.324 e. The zero-order valence-corrected chi connectivity index (χ0v) is 15.0. The summed E-state index contributed by atoms with van der Waals surface area (Å²) in [6.07, 6.45) is -0.688. The minimum atomic E-state index is -0.957. The summed E-state index contributed by atoms with van der Waals surface area (Å²) in [6.45, 7) is 1.81. The average Bonchev–Trinajstić information content (AvgIpc) is 2.92. The normalized spacial score (nSPS) is 14.8. The van der Waals surface area contributed by atoms with Crippen LogP contribution in [0.1, 0.15) is 25.3 Å². The number of halogens is 1. The van der Waals surface area contributed by atoms with Crippen LogP contribution in [0.15, 0.2) is 24.3 Å². The largest absolute Gasteiger partial charge is 0.453 e. The van der Waals surface area contributed by atoms with Crippen LogP contribution >= 0.6 is 11.6 Å². The Morgan fingerprint density at radius 1 is 1.35 bits per heavy atom. The summed E-state index contributed by atoms with van der Waals surface area (Å²) in [4.78, 5) is 47.6. The van der Waals surface area contributed by atoms with Gasteiger partial charge in [0.2, 0.25) is 5.91 Å². The third-order valence-corrected chi connectivity index (χ3v) is 4.16. The molecule has 0 bridgehead atoms. The molecule has 1 aliphatic heterocycles. The van der Waals surface area contributed by atoms with Crippen LogP contribution in [-0.2, 0) is 25.7 Å². The fraction of sp³-hybridized carbons (Fsp3) is 0.412. The van der Waals surface area contributed by atoms with Gasteiger partial charge in [0.25, 0.3) is 5.91 Å². The number of ether oxygens (including phenoxy) is 1. The van der Waals surface area contributed by atoms with Crippen LogP contribution in [-0.4, -0.2) is 47.9 Å². The Balaban J connectivity index is 1.69. The topological polar surface area (TPSA) is 105 Å². The number of urea groups is 1. The monoisotopic (exact) mass is 381 g/mol. The molecule has 0 saturated carbocycles. The Morgan fingerprint density at radius 3 is 2.73 bits per heavy atom. The van der Waals surface area contributed by atoms with Crippen LogP contribution in [0, 0.1) is 0 Å². The summed E-state index contributed by atoms with van der Waals surface area (Å²) in [5, 5.41) is 5.59. The van der Waals surface area contributed by atoms with E-state index in [9.17, 15) is 19.2 Å². The summed E-state index contributed by atoms with van der Waals surface area (Å²) in [7, 11) is 0. The highest BCUT2D eigenvalue weighted by molar-refractivity contribution is 6.31. The number of carbonyl (C=O) groups is 4. The van der Waals surface area contributed by atoms with E-state index in [4.69, 9.17) is 16.3 Å². The lowest BCUT2D eigenvalue weighted by Crippen LogP contribution is -2.36. The van der Waals surface area contributed by atoms with Crippen LogP contribution < -0.4 is 10.6 Å². The van der Waals surface area contributed by atoms with Crippen molar-refractivity contribution in [3.63, 3.8) is 0 Å². The summed E-state index contributed by atoms with van der Waals surface area (Å²) in [5.74, 6) is -1.33. The Kier molecular flexibility index (Phi) is 6.97. The highest BCUT2D eigenvalue weighted by atomic mass is 35.5. The Labute approximate surface area is 155 Å². The third-order valence-electron chi connectivity index (χ3n) is 3.79. The van der Waals surface area contributed by atoms with Gasteiger partial charge in [-0.2, -0.15) is 0 Å². The molecule has 1 atom stereocenters. The zero-order valence-electron chi connectivity index (χ0n) is 14.3. The lowest BCUT2D eigenvalue weighted by Gasteiger charge is -2.15. The number of hydrogen-bond donors (Lipinski definition) is 2. The number of esters is 1. The van der Waals surface area contributed by atoms with E-state index in [1.165, 1.54) is 6.92 Å².